The van der Waals surface area contributed by atoms with E-state index in [1.807, 2.05) is 7.05 Å². The van der Waals surface area contributed by atoms with Gasteiger partial charge < -0.3 is 9.32 Å². The molecule has 8 nitrogen and oxygen atoms in total. The number of nitrogens with one attached hydrogen (secondary N) is 1. The summed E-state index contributed by atoms with van der Waals surface area (Å²) in [5.74, 6) is -0.567. The van der Waals surface area contributed by atoms with E-state index in [9.17, 15) is 13.2 Å². The minimum absolute atomic E-state index is 0.0806. The highest BCUT2D eigenvalue weighted by Gasteiger charge is 2.20. The second-order valence-electron chi connectivity index (χ2n) is 4.39. The molecule has 0 bridgehead atoms. The average Bonchev–Trinajstić information content (AvgIpc) is 2.81. The highest BCUT2D eigenvalue weighted by molar-refractivity contribution is 7.89. The van der Waals surface area contributed by atoms with Gasteiger partial charge in [-0.1, -0.05) is 0 Å². The number of likely N-dealkylation sites (N-methyl/N-ethyl adjacent to an activating group) is 1. The van der Waals surface area contributed by atoms with Gasteiger partial charge in [0.1, 0.15) is 0 Å². The number of primary sulfonamides is 1. The molecule has 0 unspecified atom stereocenters. The molecule has 0 atom stereocenters. The molecule has 9 heteroatoms. The molecule has 1 aromatic heterocycles. The molecule has 0 aromatic carbocycles. The number of nitrogens with two attached hydrogens (primary N) is 1. The van der Waals surface area contributed by atoms with Crippen molar-refractivity contribution in [2.24, 2.45) is 5.14 Å². The minimum Gasteiger partial charge on any atom is -0.438 e. The van der Waals surface area contributed by atoms with Crippen molar-refractivity contribution < 1.29 is 17.6 Å². The predicted octanol–water partition coefficient (Wildman–Crippen LogP) is -1.18. The van der Waals surface area contributed by atoms with Crippen molar-refractivity contribution >= 4 is 15.9 Å². The number of carbonyl (C=O) groups excluding carboxylic acids is 1. The van der Waals surface area contributed by atoms with Gasteiger partial charge in [0.05, 0.1) is 0 Å². The molecule has 1 saturated heterocycles. The number of furan rings is 1. The van der Waals surface area contributed by atoms with Gasteiger partial charge in [0, 0.05) is 26.2 Å². The molecule has 1 amide bonds. The second kappa shape index (κ2) is 5.29. The van der Waals surface area contributed by atoms with Crippen LogP contribution in [0, 0.1) is 0 Å². The molecule has 1 aliphatic heterocycles. The first-order valence-electron chi connectivity index (χ1n) is 5.73. The molecule has 2 rings (SSSR count). The van der Waals surface area contributed by atoms with Crippen LogP contribution in [0.1, 0.15) is 10.6 Å². The van der Waals surface area contributed by atoms with Gasteiger partial charge in [-0.25, -0.2) is 18.6 Å². The first kappa shape index (κ1) is 14.0. The summed E-state index contributed by atoms with van der Waals surface area (Å²) in [7, 11) is -1.92. The number of piperazine rings is 1. The molecular weight excluding hydrogens is 272 g/mol. The Hall–Kier alpha value is -1.42. The number of carbonyl (C=O) groups is 1. The normalized spacial score (nSPS) is 18.4. The smallest absolute Gasteiger partial charge is 0.301 e. The van der Waals surface area contributed by atoms with E-state index in [1.165, 1.54) is 6.07 Å². The molecule has 2 heterocycles. The topological polar surface area (TPSA) is 109 Å². The summed E-state index contributed by atoms with van der Waals surface area (Å²) in [5.41, 5.74) is 2.66. The van der Waals surface area contributed by atoms with E-state index >= 15 is 0 Å². The van der Waals surface area contributed by atoms with Crippen molar-refractivity contribution in [2.45, 2.75) is 5.09 Å². The lowest BCUT2D eigenvalue weighted by atomic mass is 10.4. The van der Waals surface area contributed by atoms with Gasteiger partial charge in [0.25, 0.3) is 10.0 Å². The Bertz CT molecular complexity index is 560. The van der Waals surface area contributed by atoms with Crippen LogP contribution in [-0.2, 0) is 10.0 Å². The van der Waals surface area contributed by atoms with Crippen molar-refractivity contribution in [3.8, 4) is 0 Å². The summed E-state index contributed by atoms with van der Waals surface area (Å²) in [6, 6.07) is 2.44. The van der Waals surface area contributed by atoms with Gasteiger partial charge in [-0.3, -0.25) is 10.2 Å². The number of hydrazine groups is 1. The standard InChI is InChI=1S/C10H16N4O4S/c1-13-4-6-14(7-5-13)12-10(15)8-2-3-9(18-8)19(11,16)17/h2-3H,4-7H2,1H3,(H,12,15)(H2,11,16,17). The van der Waals surface area contributed by atoms with Crippen LogP contribution in [0.5, 0.6) is 0 Å². The maximum atomic E-state index is 11.8. The highest BCUT2D eigenvalue weighted by atomic mass is 32.2. The molecule has 3 N–H and O–H groups in total. The van der Waals surface area contributed by atoms with Crippen molar-refractivity contribution in [1.29, 1.82) is 0 Å². The van der Waals surface area contributed by atoms with Crippen molar-refractivity contribution in [3.63, 3.8) is 0 Å². The van der Waals surface area contributed by atoms with Gasteiger partial charge in [-0.15, -0.1) is 0 Å². The van der Waals surface area contributed by atoms with Crippen molar-refractivity contribution in [2.75, 3.05) is 33.2 Å². The van der Waals surface area contributed by atoms with E-state index in [1.54, 1.807) is 5.01 Å². The summed E-state index contributed by atoms with van der Waals surface area (Å²) in [4.78, 5) is 14.0. The Labute approximate surface area is 111 Å². The number of hydrogen-bond donors (Lipinski definition) is 2. The fraction of sp³-hybridized carbons (Fsp3) is 0.500. The second-order valence-corrected chi connectivity index (χ2v) is 5.89. The zero-order valence-corrected chi connectivity index (χ0v) is 11.3. The number of rotatable bonds is 3. The molecular formula is C10H16N4O4S. The van der Waals surface area contributed by atoms with Crippen LogP contribution in [0.4, 0.5) is 0 Å². The maximum Gasteiger partial charge on any atom is 0.301 e. The molecule has 1 aromatic rings. The van der Waals surface area contributed by atoms with Crippen LogP contribution < -0.4 is 10.6 Å². The zero-order valence-electron chi connectivity index (χ0n) is 10.5. The third kappa shape index (κ3) is 3.53. The lowest BCUT2D eigenvalue weighted by molar-refractivity contribution is 0.0632. The van der Waals surface area contributed by atoms with E-state index < -0.39 is 21.0 Å². The first-order valence-corrected chi connectivity index (χ1v) is 7.28. The van der Waals surface area contributed by atoms with Gasteiger partial charge in [0.2, 0.25) is 5.09 Å². The van der Waals surface area contributed by atoms with Crippen LogP contribution in [0.25, 0.3) is 0 Å². The zero-order chi connectivity index (χ0) is 14.0. The van der Waals surface area contributed by atoms with Gasteiger partial charge in [0.15, 0.2) is 5.76 Å². The van der Waals surface area contributed by atoms with E-state index in [2.05, 4.69) is 10.3 Å². The average molecular weight is 288 g/mol. The Morgan fingerprint density at radius 1 is 1.32 bits per heavy atom. The Kier molecular flexibility index (Phi) is 3.90. The van der Waals surface area contributed by atoms with Gasteiger partial charge in [-0.2, -0.15) is 0 Å². The number of nitrogens with zero attached hydrogens (tertiary/aromatic N) is 2. The largest absolute Gasteiger partial charge is 0.438 e. The van der Waals surface area contributed by atoms with E-state index in [0.717, 1.165) is 19.2 Å². The first-order chi connectivity index (χ1) is 8.86. The summed E-state index contributed by atoms with van der Waals surface area (Å²) < 4.78 is 27.0. The van der Waals surface area contributed by atoms with Crippen LogP contribution in [-0.4, -0.2) is 57.5 Å². The van der Waals surface area contributed by atoms with Gasteiger partial charge >= 0.3 is 5.91 Å². The Morgan fingerprint density at radius 3 is 2.47 bits per heavy atom. The molecule has 1 aliphatic rings. The Morgan fingerprint density at radius 2 is 1.95 bits per heavy atom. The molecule has 0 saturated carbocycles. The molecule has 1 fully saturated rings. The molecule has 0 aliphatic carbocycles. The monoisotopic (exact) mass is 288 g/mol. The van der Waals surface area contributed by atoms with Crippen LogP contribution in [0.15, 0.2) is 21.6 Å². The third-order valence-electron chi connectivity index (χ3n) is 2.85. The summed E-state index contributed by atoms with van der Waals surface area (Å²) in [5, 5.41) is 6.25. The third-order valence-corrected chi connectivity index (χ3v) is 3.63. The van der Waals surface area contributed by atoms with Crippen LogP contribution in [0.3, 0.4) is 0 Å². The van der Waals surface area contributed by atoms with E-state index in [0.29, 0.717) is 13.1 Å². The summed E-state index contributed by atoms with van der Waals surface area (Å²) in [6.45, 7) is 3.09. The molecule has 19 heavy (non-hydrogen) atoms. The van der Waals surface area contributed by atoms with Crippen molar-refractivity contribution in [1.82, 2.24) is 15.3 Å². The maximum absolute atomic E-state index is 11.8. The van der Waals surface area contributed by atoms with Crippen LogP contribution >= 0.6 is 0 Å². The molecule has 106 valence electrons. The van der Waals surface area contributed by atoms with Gasteiger partial charge in [-0.05, 0) is 19.2 Å². The quantitative estimate of drug-likeness (QED) is 0.724. The van der Waals surface area contributed by atoms with E-state index in [-0.39, 0.29) is 5.76 Å². The highest BCUT2D eigenvalue weighted by Crippen LogP contribution is 2.12. The minimum atomic E-state index is -3.92. The van der Waals surface area contributed by atoms with Crippen LogP contribution in [0.2, 0.25) is 0 Å². The Balaban J connectivity index is 1.99. The van der Waals surface area contributed by atoms with Crippen molar-refractivity contribution in [3.05, 3.63) is 17.9 Å². The molecule has 0 radical (unpaired) electrons. The number of hydrogen-bond acceptors (Lipinski definition) is 6. The lowest BCUT2D eigenvalue weighted by Gasteiger charge is -2.32. The summed E-state index contributed by atoms with van der Waals surface area (Å²) >= 11 is 0. The number of sulfonamides is 1. The van der Waals surface area contributed by atoms with E-state index in [4.69, 9.17) is 9.56 Å². The predicted molar refractivity (Wildman–Crippen MR) is 66.6 cm³/mol. The fourth-order valence-electron chi connectivity index (χ4n) is 1.71. The summed E-state index contributed by atoms with van der Waals surface area (Å²) in [6.07, 6.45) is 0. The fourth-order valence-corrected chi connectivity index (χ4v) is 2.18. The number of amides is 1. The SMILES string of the molecule is CN1CCN(NC(=O)c2ccc(S(N)(=O)=O)o2)CC1. The molecule has 0 spiro atoms. The lowest BCUT2D eigenvalue weighted by Crippen LogP contribution is -2.52.